The quantitative estimate of drug-likeness (QED) is 0.648. The molecule has 3 rings (SSSR count). The molecule has 0 spiro atoms. The molecule has 0 aliphatic carbocycles. The molecule has 0 saturated carbocycles. The molecule has 0 aliphatic heterocycles. The predicted octanol–water partition coefficient (Wildman–Crippen LogP) is 2.72. The van der Waals surface area contributed by atoms with Crippen molar-refractivity contribution in [3.05, 3.63) is 42.0 Å². The average molecular weight is 244 g/mol. The van der Waals surface area contributed by atoms with Crippen LogP contribution in [0.1, 0.15) is 18.7 Å². The minimum atomic E-state index is -0.242. The van der Waals surface area contributed by atoms with Crippen LogP contribution in [0.25, 0.3) is 22.4 Å². The van der Waals surface area contributed by atoms with Gasteiger partial charge in [-0.2, -0.15) is 0 Å². The van der Waals surface area contributed by atoms with Gasteiger partial charge in [-0.3, -0.25) is 0 Å². The van der Waals surface area contributed by atoms with Crippen LogP contribution in [-0.4, -0.2) is 15.0 Å². The summed E-state index contributed by atoms with van der Waals surface area (Å²) in [4.78, 5) is 10.5. The van der Waals surface area contributed by atoms with Crippen LogP contribution in [0.3, 0.4) is 0 Å². The molecule has 18 heavy (non-hydrogen) atoms. The number of nitrogens with one attached hydrogen (secondary N) is 2. The van der Waals surface area contributed by atoms with Gasteiger partial charge in [0.2, 0.25) is 0 Å². The molecule has 3 aromatic rings. The summed E-state index contributed by atoms with van der Waals surface area (Å²) in [6, 6.07) is 6.58. The molecule has 0 amide bonds. The Hall–Kier alpha value is -2.14. The number of hydrogen-bond acceptors (Lipinski definition) is 2. The summed E-state index contributed by atoms with van der Waals surface area (Å²) in [7, 11) is 0. The van der Waals surface area contributed by atoms with Gasteiger partial charge in [-0.15, -0.1) is 0 Å². The van der Waals surface area contributed by atoms with E-state index in [1.54, 1.807) is 18.3 Å². The summed E-state index contributed by atoms with van der Waals surface area (Å²) in [5, 5.41) is 0.561. The molecule has 92 valence electrons. The Morgan fingerprint density at radius 3 is 2.83 bits per heavy atom. The largest absolute Gasteiger partial charge is 0.352 e. The highest BCUT2D eigenvalue weighted by Crippen LogP contribution is 2.24. The van der Waals surface area contributed by atoms with Crippen molar-refractivity contribution in [2.75, 3.05) is 0 Å². The fourth-order valence-corrected chi connectivity index (χ4v) is 1.95. The van der Waals surface area contributed by atoms with Crippen molar-refractivity contribution in [1.29, 1.82) is 0 Å². The highest BCUT2D eigenvalue weighted by Gasteiger charge is 2.10. The first-order chi connectivity index (χ1) is 8.65. The summed E-state index contributed by atoms with van der Waals surface area (Å²) in [5.41, 5.74) is 8.12. The topological polar surface area (TPSA) is 70.5 Å². The van der Waals surface area contributed by atoms with Crippen molar-refractivity contribution < 1.29 is 4.39 Å². The number of aromatic nitrogens is 3. The van der Waals surface area contributed by atoms with Gasteiger partial charge in [0.25, 0.3) is 0 Å². The number of nitrogens with two attached hydrogens (primary N) is 1. The molecule has 0 aliphatic rings. The third-order valence-electron chi connectivity index (χ3n) is 2.95. The third-order valence-corrected chi connectivity index (χ3v) is 2.95. The lowest BCUT2D eigenvalue weighted by atomic mass is 10.2. The lowest BCUT2D eigenvalue weighted by molar-refractivity contribution is 0.640. The van der Waals surface area contributed by atoms with Gasteiger partial charge in [-0.1, -0.05) is 6.07 Å². The summed E-state index contributed by atoms with van der Waals surface area (Å²) in [5.74, 6) is 0.423. The highest BCUT2D eigenvalue weighted by atomic mass is 19.1. The Morgan fingerprint density at radius 1 is 1.33 bits per heavy atom. The summed E-state index contributed by atoms with van der Waals surface area (Å²) in [6.45, 7) is 1.88. The third kappa shape index (κ3) is 1.69. The first-order valence-corrected chi connectivity index (χ1v) is 5.73. The zero-order valence-corrected chi connectivity index (χ0v) is 9.87. The van der Waals surface area contributed by atoms with Crippen LogP contribution in [0.5, 0.6) is 0 Å². The van der Waals surface area contributed by atoms with E-state index in [1.165, 1.54) is 6.07 Å². The number of H-pyrrole nitrogens is 2. The van der Waals surface area contributed by atoms with Crippen molar-refractivity contribution in [3.63, 3.8) is 0 Å². The second-order valence-electron chi connectivity index (χ2n) is 4.36. The van der Waals surface area contributed by atoms with Gasteiger partial charge in [0.15, 0.2) is 5.82 Å². The molecule has 0 bridgehead atoms. The van der Waals surface area contributed by atoms with Gasteiger partial charge < -0.3 is 15.7 Å². The number of rotatable bonds is 2. The van der Waals surface area contributed by atoms with Gasteiger partial charge in [0.05, 0.1) is 17.6 Å². The van der Waals surface area contributed by atoms with Crippen LogP contribution in [-0.2, 0) is 0 Å². The van der Waals surface area contributed by atoms with Gasteiger partial charge in [0.1, 0.15) is 5.82 Å². The maximum Gasteiger partial charge on any atom is 0.154 e. The van der Waals surface area contributed by atoms with Crippen molar-refractivity contribution in [2.45, 2.75) is 13.0 Å². The Kier molecular flexibility index (Phi) is 2.41. The molecule has 5 heteroatoms. The van der Waals surface area contributed by atoms with E-state index in [1.807, 2.05) is 13.0 Å². The Morgan fingerprint density at radius 2 is 2.17 bits per heavy atom. The zero-order valence-electron chi connectivity index (χ0n) is 9.87. The van der Waals surface area contributed by atoms with E-state index >= 15 is 0 Å². The van der Waals surface area contributed by atoms with E-state index < -0.39 is 0 Å². The van der Waals surface area contributed by atoms with Crippen LogP contribution < -0.4 is 5.73 Å². The molecule has 4 N–H and O–H groups in total. The SMILES string of the molecule is C[C@H](N)c1cnc(-c2cc3c(F)cccc3[nH]2)[nH]1. The highest BCUT2D eigenvalue weighted by molar-refractivity contribution is 5.85. The molecular weight excluding hydrogens is 231 g/mol. The first-order valence-electron chi connectivity index (χ1n) is 5.73. The molecule has 1 aromatic carbocycles. The monoisotopic (exact) mass is 244 g/mol. The molecule has 0 saturated heterocycles. The van der Waals surface area contributed by atoms with Crippen LogP contribution in [0.4, 0.5) is 4.39 Å². The van der Waals surface area contributed by atoms with Gasteiger partial charge in [-0.25, -0.2) is 9.37 Å². The van der Waals surface area contributed by atoms with Gasteiger partial charge >= 0.3 is 0 Å². The second-order valence-corrected chi connectivity index (χ2v) is 4.36. The van der Waals surface area contributed by atoms with Crippen LogP contribution in [0.2, 0.25) is 0 Å². The standard InChI is InChI=1S/C13H13FN4/c1-7(15)12-6-16-13(18-12)11-5-8-9(14)3-2-4-10(8)17-11/h2-7,17H,15H2,1H3,(H,16,18)/t7-/m0/s1. The number of hydrogen-bond donors (Lipinski definition) is 3. The Bertz CT molecular complexity index is 696. The van der Waals surface area contributed by atoms with Crippen molar-refractivity contribution in [1.82, 2.24) is 15.0 Å². The fourth-order valence-electron chi connectivity index (χ4n) is 1.95. The number of benzene rings is 1. The predicted molar refractivity (Wildman–Crippen MR) is 68.4 cm³/mol. The normalized spacial score (nSPS) is 13.1. The smallest absolute Gasteiger partial charge is 0.154 e. The molecule has 0 fully saturated rings. The minimum Gasteiger partial charge on any atom is -0.352 e. The summed E-state index contributed by atoms with van der Waals surface area (Å²) < 4.78 is 13.6. The molecule has 1 atom stereocenters. The maximum absolute atomic E-state index is 13.6. The van der Waals surface area contributed by atoms with Crippen molar-refractivity contribution >= 4 is 10.9 Å². The van der Waals surface area contributed by atoms with Crippen LogP contribution >= 0.6 is 0 Å². The Balaban J connectivity index is 2.10. The number of aromatic amines is 2. The van der Waals surface area contributed by atoms with E-state index in [9.17, 15) is 4.39 Å². The van der Waals surface area contributed by atoms with E-state index in [0.717, 1.165) is 16.9 Å². The van der Waals surface area contributed by atoms with E-state index in [2.05, 4.69) is 15.0 Å². The number of fused-ring (bicyclic) bond motifs is 1. The summed E-state index contributed by atoms with van der Waals surface area (Å²) >= 11 is 0. The van der Waals surface area contributed by atoms with Gasteiger partial charge in [-0.05, 0) is 25.1 Å². The number of nitrogens with zero attached hydrogens (tertiary/aromatic N) is 1. The molecule has 2 heterocycles. The van der Waals surface area contributed by atoms with E-state index in [4.69, 9.17) is 5.73 Å². The lowest BCUT2D eigenvalue weighted by Crippen LogP contribution is -2.04. The second kappa shape index (κ2) is 3.96. The maximum atomic E-state index is 13.6. The fraction of sp³-hybridized carbons (Fsp3) is 0.154. The number of halogens is 1. The van der Waals surface area contributed by atoms with Crippen LogP contribution in [0.15, 0.2) is 30.5 Å². The first kappa shape index (κ1) is 11.0. The van der Waals surface area contributed by atoms with E-state index in [-0.39, 0.29) is 11.9 Å². The zero-order chi connectivity index (χ0) is 12.7. The number of imidazole rings is 1. The van der Waals surface area contributed by atoms with E-state index in [0.29, 0.717) is 11.2 Å². The van der Waals surface area contributed by atoms with Gasteiger partial charge in [0, 0.05) is 16.9 Å². The molecule has 0 unspecified atom stereocenters. The minimum absolute atomic E-state index is 0.104. The van der Waals surface area contributed by atoms with Crippen molar-refractivity contribution in [2.24, 2.45) is 5.73 Å². The average Bonchev–Trinajstić information content (AvgIpc) is 2.95. The van der Waals surface area contributed by atoms with Crippen LogP contribution in [0, 0.1) is 5.82 Å². The molecular formula is C13H13FN4. The lowest BCUT2D eigenvalue weighted by Gasteiger charge is -1.98. The Labute approximate surface area is 103 Å². The molecule has 0 radical (unpaired) electrons. The summed E-state index contributed by atoms with van der Waals surface area (Å²) in [6.07, 6.45) is 1.70. The molecule has 4 nitrogen and oxygen atoms in total. The van der Waals surface area contributed by atoms with Crippen molar-refractivity contribution in [3.8, 4) is 11.5 Å². The molecule has 2 aromatic heterocycles.